The minimum Gasteiger partial charge on any atom is -0.336 e. The number of hydrogen-bond acceptors (Lipinski definition) is 2. The molecule has 2 heterocycles. The van der Waals surface area contributed by atoms with E-state index in [9.17, 15) is 4.79 Å². The fraction of sp³-hybridized carbons (Fsp3) is 0.429. The lowest BCUT2D eigenvalue weighted by Crippen LogP contribution is -2.31. The van der Waals surface area contributed by atoms with E-state index < -0.39 is 0 Å². The number of carbonyl (C=O) groups is 1. The molecule has 0 spiro atoms. The second-order valence-electron chi connectivity index (χ2n) is 5.86. The van der Waals surface area contributed by atoms with Crippen LogP contribution in [-0.4, -0.2) is 34.1 Å². The van der Waals surface area contributed by atoms with E-state index in [2.05, 4.69) is 17.1 Å². The number of fused-ring (bicyclic) bond motifs is 2. The lowest BCUT2D eigenvalue weighted by Gasteiger charge is -2.18. The monoisotopic (exact) mass is 241 g/mol. The van der Waals surface area contributed by atoms with Crippen molar-refractivity contribution in [2.24, 2.45) is 11.3 Å². The van der Waals surface area contributed by atoms with Crippen molar-refractivity contribution in [2.45, 2.75) is 13.3 Å². The molecule has 1 aliphatic heterocycles. The number of likely N-dealkylation sites (tertiary alicyclic amines) is 1. The number of para-hydroxylation sites is 1. The highest BCUT2D eigenvalue weighted by molar-refractivity contribution is 6.04. The summed E-state index contributed by atoms with van der Waals surface area (Å²) in [6.45, 7) is 4.06. The average molecular weight is 241 g/mol. The van der Waals surface area contributed by atoms with E-state index in [1.807, 2.05) is 29.2 Å². The predicted octanol–water partition coefficient (Wildman–Crippen LogP) is 2.04. The van der Waals surface area contributed by atoms with Crippen molar-refractivity contribution in [3.05, 3.63) is 30.0 Å². The quantitative estimate of drug-likeness (QED) is 0.830. The maximum Gasteiger partial charge on any atom is 0.275 e. The smallest absolute Gasteiger partial charge is 0.275 e. The maximum absolute atomic E-state index is 12.5. The first-order valence-electron chi connectivity index (χ1n) is 6.40. The van der Waals surface area contributed by atoms with Gasteiger partial charge in [-0.1, -0.05) is 25.1 Å². The number of hydrogen-bond donors (Lipinski definition) is 1. The van der Waals surface area contributed by atoms with E-state index in [1.165, 1.54) is 6.42 Å². The molecule has 0 radical (unpaired) electrons. The van der Waals surface area contributed by atoms with Gasteiger partial charge in [0.2, 0.25) is 0 Å². The van der Waals surface area contributed by atoms with E-state index in [0.29, 0.717) is 17.0 Å². The second-order valence-corrected chi connectivity index (χ2v) is 5.86. The fourth-order valence-electron chi connectivity index (χ4n) is 3.18. The number of nitrogens with one attached hydrogen (secondary N) is 1. The summed E-state index contributed by atoms with van der Waals surface area (Å²) in [4.78, 5) is 14.4. The van der Waals surface area contributed by atoms with Gasteiger partial charge in [-0.3, -0.25) is 9.89 Å². The van der Waals surface area contributed by atoms with Crippen LogP contribution < -0.4 is 0 Å². The second kappa shape index (κ2) is 3.13. The molecule has 1 saturated carbocycles. The Bertz CT molecular complexity index is 647. The summed E-state index contributed by atoms with van der Waals surface area (Å²) in [5, 5.41) is 8.04. The first kappa shape index (κ1) is 10.1. The van der Waals surface area contributed by atoms with Crippen molar-refractivity contribution in [2.75, 3.05) is 13.1 Å². The molecule has 1 aromatic heterocycles. The highest BCUT2D eigenvalue weighted by Crippen LogP contribution is 2.57. The lowest BCUT2D eigenvalue weighted by molar-refractivity contribution is 0.0762. The molecule has 2 atom stereocenters. The van der Waals surface area contributed by atoms with Gasteiger partial charge in [0.25, 0.3) is 5.91 Å². The zero-order chi connectivity index (χ0) is 12.3. The first-order valence-corrected chi connectivity index (χ1v) is 6.40. The summed E-state index contributed by atoms with van der Waals surface area (Å²) < 4.78 is 0. The Morgan fingerprint density at radius 2 is 2.33 bits per heavy atom. The fourth-order valence-corrected chi connectivity index (χ4v) is 3.18. The third-order valence-corrected chi connectivity index (χ3v) is 4.49. The van der Waals surface area contributed by atoms with Crippen LogP contribution in [0.25, 0.3) is 10.9 Å². The number of amides is 1. The Labute approximate surface area is 105 Å². The van der Waals surface area contributed by atoms with E-state index >= 15 is 0 Å². The summed E-state index contributed by atoms with van der Waals surface area (Å²) in [5.41, 5.74) is 1.88. The molecule has 2 aromatic rings. The van der Waals surface area contributed by atoms with Crippen LogP contribution >= 0.6 is 0 Å². The molecule has 92 valence electrons. The van der Waals surface area contributed by atoms with Gasteiger partial charge in [0, 0.05) is 18.5 Å². The van der Waals surface area contributed by atoms with Gasteiger partial charge >= 0.3 is 0 Å². The normalized spacial score (nSPS) is 29.6. The Morgan fingerprint density at radius 1 is 1.50 bits per heavy atom. The zero-order valence-corrected chi connectivity index (χ0v) is 10.3. The highest BCUT2D eigenvalue weighted by atomic mass is 16.2. The first-order chi connectivity index (χ1) is 8.67. The van der Waals surface area contributed by atoms with Crippen LogP contribution in [0, 0.1) is 11.3 Å². The third kappa shape index (κ3) is 1.26. The summed E-state index contributed by atoms with van der Waals surface area (Å²) >= 11 is 0. The summed E-state index contributed by atoms with van der Waals surface area (Å²) in [7, 11) is 0. The molecule has 4 heteroatoms. The number of aromatic nitrogens is 2. The van der Waals surface area contributed by atoms with Crippen molar-refractivity contribution in [3.8, 4) is 0 Å². The number of nitrogens with zero attached hydrogens (tertiary/aromatic N) is 2. The van der Waals surface area contributed by atoms with Gasteiger partial charge in [-0.25, -0.2) is 0 Å². The van der Waals surface area contributed by atoms with E-state index in [4.69, 9.17) is 0 Å². The molecule has 2 unspecified atom stereocenters. The number of piperidine rings is 1. The van der Waals surface area contributed by atoms with Crippen molar-refractivity contribution < 1.29 is 4.79 Å². The van der Waals surface area contributed by atoms with Gasteiger partial charge in [-0.15, -0.1) is 0 Å². The Kier molecular flexibility index (Phi) is 1.76. The number of rotatable bonds is 1. The minimum absolute atomic E-state index is 0.0703. The van der Waals surface area contributed by atoms with Crippen LogP contribution in [0.3, 0.4) is 0 Å². The molecule has 1 amide bonds. The Hall–Kier alpha value is -1.84. The molecule has 1 aromatic carbocycles. The molecule has 1 saturated heterocycles. The van der Waals surface area contributed by atoms with E-state index in [-0.39, 0.29) is 5.91 Å². The molecule has 1 N–H and O–H groups in total. The average Bonchev–Trinajstić information content (AvgIpc) is 2.78. The molecular formula is C14H15N3O. The van der Waals surface area contributed by atoms with Crippen molar-refractivity contribution in [1.82, 2.24) is 15.1 Å². The minimum atomic E-state index is 0.0703. The van der Waals surface area contributed by atoms with Crippen LogP contribution in [0.2, 0.25) is 0 Å². The Morgan fingerprint density at radius 3 is 3.11 bits per heavy atom. The predicted molar refractivity (Wildman–Crippen MR) is 68.2 cm³/mol. The molecule has 0 bridgehead atoms. The van der Waals surface area contributed by atoms with Crippen LogP contribution in [0.1, 0.15) is 23.8 Å². The van der Waals surface area contributed by atoms with Crippen molar-refractivity contribution >= 4 is 16.8 Å². The van der Waals surface area contributed by atoms with Gasteiger partial charge < -0.3 is 4.90 Å². The molecule has 4 nitrogen and oxygen atoms in total. The van der Waals surface area contributed by atoms with E-state index in [0.717, 1.165) is 24.0 Å². The number of aromatic amines is 1. The topological polar surface area (TPSA) is 49.0 Å². The molecule has 1 aliphatic carbocycles. The summed E-state index contributed by atoms with van der Waals surface area (Å²) in [6, 6.07) is 7.78. The third-order valence-electron chi connectivity index (χ3n) is 4.49. The Balaban J connectivity index is 1.69. The number of carbonyl (C=O) groups excluding carboxylic acids is 1. The standard InChI is InChI=1S/C14H15N3O/c1-14-6-9(14)7-17(8-14)13(18)12-10-4-2-3-5-11(10)15-16-12/h2-5,9H,6-8H2,1H3,(H,15,16). The molecule has 2 fully saturated rings. The van der Waals surface area contributed by atoms with Crippen molar-refractivity contribution in [3.63, 3.8) is 0 Å². The largest absolute Gasteiger partial charge is 0.336 e. The van der Waals surface area contributed by atoms with E-state index in [1.54, 1.807) is 0 Å². The van der Waals surface area contributed by atoms with Crippen LogP contribution in [0.4, 0.5) is 0 Å². The SMILES string of the molecule is CC12CC1CN(C(=O)c1n[nH]c3ccccc13)C2. The lowest BCUT2D eigenvalue weighted by atomic mass is 10.1. The van der Waals surface area contributed by atoms with Crippen LogP contribution in [-0.2, 0) is 0 Å². The summed E-state index contributed by atoms with van der Waals surface area (Å²) in [6.07, 6.45) is 1.28. The number of benzene rings is 1. The molecular weight excluding hydrogens is 226 g/mol. The van der Waals surface area contributed by atoms with Crippen LogP contribution in [0.15, 0.2) is 24.3 Å². The highest BCUT2D eigenvalue weighted by Gasteiger charge is 2.57. The van der Waals surface area contributed by atoms with Gasteiger partial charge in [0.05, 0.1) is 5.52 Å². The number of H-pyrrole nitrogens is 1. The van der Waals surface area contributed by atoms with Gasteiger partial charge in [-0.2, -0.15) is 5.10 Å². The zero-order valence-electron chi connectivity index (χ0n) is 10.3. The maximum atomic E-state index is 12.5. The summed E-state index contributed by atoms with van der Waals surface area (Å²) in [5.74, 6) is 0.785. The molecule has 2 aliphatic rings. The van der Waals surface area contributed by atoms with Crippen molar-refractivity contribution in [1.29, 1.82) is 0 Å². The van der Waals surface area contributed by atoms with Crippen LogP contribution in [0.5, 0.6) is 0 Å². The van der Waals surface area contributed by atoms with Gasteiger partial charge in [-0.05, 0) is 23.8 Å². The van der Waals surface area contributed by atoms with Gasteiger partial charge in [0.1, 0.15) is 0 Å². The van der Waals surface area contributed by atoms with Gasteiger partial charge in [0.15, 0.2) is 5.69 Å². The molecule has 18 heavy (non-hydrogen) atoms. The molecule has 4 rings (SSSR count).